The minimum absolute atomic E-state index is 0.157. The predicted octanol–water partition coefficient (Wildman–Crippen LogP) is 1.41. The molecule has 0 unspecified atom stereocenters. The zero-order valence-electron chi connectivity index (χ0n) is 11.7. The van der Waals surface area contributed by atoms with Crippen LogP contribution in [0.3, 0.4) is 0 Å². The number of nitrogen functional groups attached to an aromatic ring is 1. The number of nitrogens with one attached hydrogen (secondary N) is 1. The van der Waals surface area contributed by atoms with Crippen LogP contribution in [0.25, 0.3) is 0 Å². The molecule has 1 fully saturated rings. The molecule has 2 rings (SSSR count). The average molecular weight is 298 g/mol. The Morgan fingerprint density at radius 3 is 2.65 bits per heavy atom. The third-order valence-corrected chi connectivity index (χ3v) is 5.33. The van der Waals surface area contributed by atoms with E-state index in [1.165, 1.54) is 6.07 Å². The molecular weight excluding hydrogens is 276 g/mol. The minimum atomic E-state index is -3.63. The largest absolute Gasteiger partial charge is 0.398 e. The Hall–Kier alpha value is -1.11. The molecule has 0 aromatic heterocycles. The van der Waals surface area contributed by atoms with Gasteiger partial charge in [0.25, 0.3) is 0 Å². The number of aliphatic hydroxyl groups excluding tert-OH is 1. The summed E-state index contributed by atoms with van der Waals surface area (Å²) in [6.45, 7) is 1.97. The number of rotatable bonds is 4. The third kappa shape index (κ3) is 3.31. The van der Waals surface area contributed by atoms with Crippen molar-refractivity contribution in [2.75, 3.05) is 5.73 Å². The van der Waals surface area contributed by atoms with Gasteiger partial charge in [-0.25, -0.2) is 13.1 Å². The highest BCUT2D eigenvalue weighted by Crippen LogP contribution is 2.22. The normalized spacial score (nSPS) is 23.7. The van der Waals surface area contributed by atoms with Crippen LogP contribution in [0.2, 0.25) is 0 Å². The van der Waals surface area contributed by atoms with Crippen molar-refractivity contribution in [2.45, 2.75) is 56.1 Å². The first kappa shape index (κ1) is 15.3. The van der Waals surface area contributed by atoms with Crippen molar-refractivity contribution in [3.05, 3.63) is 23.8 Å². The lowest BCUT2D eigenvalue weighted by Gasteiger charge is -2.28. The highest BCUT2D eigenvalue weighted by molar-refractivity contribution is 7.89. The molecule has 0 aliphatic heterocycles. The van der Waals surface area contributed by atoms with E-state index in [1.54, 1.807) is 12.1 Å². The molecule has 4 N–H and O–H groups in total. The zero-order valence-corrected chi connectivity index (χ0v) is 12.5. The highest BCUT2D eigenvalue weighted by atomic mass is 32.2. The Morgan fingerprint density at radius 2 is 2.05 bits per heavy atom. The number of benzene rings is 1. The van der Waals surface area contributed by atoms with Gasteiger partial charge >= 0.3 is 0 Å². The van der Waals surface area contributed by atoms with Crippen LogP contribution in [0, 0.1) is 0 Å². The predicted molar refractivity (Wildman–Crippen MR) is 78.8 cm³/mol. The second kappa shape index (κ2) is 6.11. The van der Waals surface area contributed by atoms with Crippen LogP contribution in [0.5, 0.6) is 0 Å². The molecule has 2 atom stereocenters. The molecule has 0 amide bonds. The van der Waals surface area contributed by atoms with Crippen LogP contribution in [0.1, 0.15) is 38.2 Å². The summed E-state index contributed by atoms with van der Waals surface area (Å²) in [5.74, 6) is 0. The number of hydrogen-bond acceptors (Lipinski definition) is 4. The number of aliphatic hydroxyl groups is 1. The van der Waals surface area contributed by atoms with Crippen molar-refractivity contribution in [1.82, 2.24) is 4.72 Å². The van der Waals surface area contributed by atoms with E-state index in [2.05, 4.69) is 4.72 Å². The van der Waals surface area contributed by atoms with E-state index in [-0.39, 0.29) is 4.90 Å². The average Bonchev–Trinajstić information content (AvgIpc) is 2.41. The van der Waals surface area contributed by atoms with E-state index in [1.807, 2.05) is 6.92 Å². The van der Waals surface area contributed by atoms with Gasteiger partial charge in [-0.2, -0.15) is 0 Å². The van der Waals surface area contributed by atoms with Gasteiger partial charge in [-0.3, -0.25) is 0 Å². The van der Waals surface area contributed by atoms with Crippen molar-refractivity contribution in [3.63, 3.8) is 0 Å². The molecule has 1 aromatic carbocycles. The molecule has 1 saturated carbocycles. The molecule has 1 aromatic rings. The topological polar surface area (TPSA) is 92.4 Å². The summed E-state index contributed by atoms with van der Waals surface area (Å²) < 4.78 is 27.2. The van der Waals surface area contributed by atoms with Crippen molar-refractivity contribution in [2.24, 2.45) is 0 Å². The van der Waals surface area contributed by atoms with Gasteiger partial charge in [-0.05, 0) is 37.0 Å². The summed E-state index contributed by atoms with van der Waals surface area (Å²) in [4.78, 5) is 0.157. The highest BCUT2D eigenvalue weighted by Gasteiger charge is 2.28. The van der Waals surface area contributed by atoms with Gasteiger partial charge in [-0.15, -0.1) is 0 Å². The fourth-order valence-electron chi connectivity index (χ4n) is 2.58. The van der Waals surface area contributed by atoms with Gasteiger partial charge in [0.1, 0.15) is 0 Å². The van der Waals surface area contributed by atoms with Crippen molar-refractivity contribution in [1.29, 1.82) is 0 Å². The molecule has 0 bridgehead atoms. The Kier molecular flexibility index (Phi) is 4.67. The maximum atomic E-state index is 12.3. The Bertz CT molecular complexity index is 572. The third-order valence-electron chi connectivity index (χ3n) is 3.84. The molecule has 1 aliphatic carbocycles. The monoisotopic (exact) mass is 298 g/mol. The van der Waals surface area contributed by atoms with Crippen molar-refractivity contribution in [3.8, 4) is 0 Å². The Balaban J connectivity index is 2.19. The molecule has 0 radical (unpaired) electrons. The quantitative estimate of drug-likeness (QED) is 0.733. The summed E-state index contributed by atoms with van der Waals surface area (Å²) in [5, 5.41) is 9.86. The lowest BCUT2D eigenvalue weighted by atomic mass is 9.93. The molecule has 5 nitrogen and oxygen atoms in total. The number of nitrogens with two attached hydrogens (primary N) is 1. The molecule has 0 spiro atoms. The summed E-state index contributed by atoms with van der Waals surface area (Å²) in [6.07, 6.45) is 3.35. The van der Waals surface area contributed by atoms with Crippen LogP contribution < -0.4 is 10.5 Å². The maximum absolute atomic E-state index is 12.3. The van der Waals surface area contributed by atoms with E-state index in [9.17, 15) is 13.5 Å². The van der Waals surface area contributed by atoms with Gasteiger partial charge in [0.2, 0.25) is 10.0 Å². The minimum Gasteiger partial charge on any atom is -0.398 e. The summed E-state index contributed by atoms with van der Waals surface area (Å²) >= 11 is 0. The summed E-state index contributed by atoms with van der Waals surface area (Å²) in [7, 11) is -3.63. The van der Waals surface area contributed by atoms with Gasteiger partial charge < -0.3 is 10.8 Å². The first-order chi connectivity index (χ1) is 9.44. The van der Waals surface area contributed by atoms with E-state index in [0.29, 0.717) is 18.5 Å². The van der Waals surface area contributed by atoms with Crippen LogP contribution in [0.4, 0.5) is 5.69 Å². The lowest BCUT2D eigenvalue weighted by molar-refractivity contribution is 0.101. The molecular formula is C14H22N2O3S. The number of aryl methyl sites for hydroxylation is 1. The van der Waals surface area contributed by atoms with E-state index < -0.39 is 22.2 Å². The molecule has 112 valence electrons. The second-order valence-corrected chi connectivity index (χ2v) is 7.01. The van der Waals surface area contributed by atoms with Gasteiger partial charge in [0, 0.05) is 11.7 Å². The first-order valence-electron chi connectivity index (χ1n) is 7.03. The fraction of sp³-hybridized carbons (Fsp3) is 0.571. The van der Waals surface area contributed by atoms with Crippen LogP contribution in [-0.2, 0) is 16.4 Å². The van der Waals surface area contributed by atoms with E-state index in [4.69, 9.17) is 5.73 Å². The fourth-order valence-corrected chi connectivity index (χ4v) is 3.92. The van der Waals surface area contributed by atoms with Gasteiger partial charge in [-0.1, -0.05) is 25.8 Å². The molecule has 6 heteroatoms. The van der Waals surface area contributed by atoms with E-state index >= 15 is 0 Å². The Labute approximate surface area is 120 Å². The van der Waals surface area contributed by atoms with Crippen LogP contribution >= 0.6 is 0 Å². The smallest absolute Gasteiger partial charge is 0.240 e. The number of hydrogen-bond donors (Lipinski definition) is 3. The van der Waals surface area contributed by atoms with Gasteiger partial charge in [0.15, 0.2) is 0 Å². The Morgan fingerprint density at radius 1 is 1.35 bits per heavy atom. The molecule has 1 aliphatic rings. The maximum Gasteiger partial charge on any atom is 0.240 e. The van der Waals surface area contributed by atoms with Crippen LogP contribution in [0.15, 0.2) is 23.1 Å². The van der Waals surface area contributed by atoms with E-state index in [0.717, 1.165) is 24.8 Å². The summed E-state index contributed by atoms with van der Waals surface area (Å²) in [5.41, 5.74) is 7.27. The van der Waals surface area contributed by atoms with Crippen molar-refractivity contribution >= 4 is 15.7 Å². The molecule has 0 heterocycles. The SMILES string of the molecule is CCc1ccc(S(=O)(=O)N[C@@H]2CCCC[C@H]2O)cc1N. The molecule has 20 heavy (non-hydrogen) atoms. The molecule has 0 saturated heterocycles. The second-order valence-electron chi connectivity index (χ2n) is 5.29. The zero-order chi connectivity index (χ0) is 14.8. The summed E-state index contributed by atoms with van der Waals surface area (Å²) in [6, 6.07) is 4.38. The first-order valence-corrected chi connectivity index (χ1v) is 8.51. The standard InChI is InChI=1S/C14H22N2O3S/c1-2-10-7-8-11(9-12(10)15)20(18,19)16-13-5-3-4-6-14(13)17/h7-9,13-14,16-17H,2-6,15H2,1H3/t13-,14-/m1/s1. The van der Waals surface area contributed by atoms with Crippen molar-refractivity contribution < 1.29 is 13.5 Å². The number of anilines is 1. The van der Waals surface area contributed by atoms with Gasteiger partial charge in [0.05, 0.1) is 11.0 Å². The van der Waals surface area contributed by atoms with Crippen LogP contribution in [-0.4, -0.2) is 25.7 Å². The lowest BCUT2D eigenvalue weighted by Crippen LogP contribution is -2.44. The number of sulfonamides is 1.